The molecule has 0 spiro atoms. The summed E-state index contributed by atoms with van der Waals surface area (Å²) >= 11 is 13.4. The average molecular weight is 420 g/mol. The molecule has 1 N–H and O–H groups in total. The van der Waals surface area contributed by atoms with E-state index in [0.29, 0.717) is 25.8 Å². The fraction of sp³-hybridized carbons (Fsp3) is 0.200. The van der Waals surface area contributed by atoms with Crippen LogP contribution in [-0.2, 0) is 4.79 Å². The highest BCUT2D eigenvalue weighted by Gasteiger charge is 2.24. The fourth-order valence-corrected chi connectivity index (χ4v) is 3.86. The molecule has 0 unspecified atom stereocenters. The Morgan fingerprint density at radius 1 is 1.11 bits per heavy atom. The number of nitrogens with zero attached hydrogens (tertiary/aromatic N) is 2. The quantitative estimate of drug-likeness (QED) is 0.629. The zero-order valence-corrected chi connectivity index (χ0v) is 17.3. The molecule has 3 rings (SSSR count). The van der Waals surface area contributed by atoms with Crippen LogP contribution in [0.2, 0.25) is 10.0 Å². The van der Waals surface area contributed by atoms with Gasteiger partial charge in [-0.05, 0) is 61.5 Å². The molecule has 1 aliphatic rings. The molecule has 7 heteroatoms. The first-order valence-corrected chi connectivity index (χ1v) is 10.2. The van der Waals surface area contributed by atoms with Crippen molar-refractivity contribution in [2.24, 2.45) is 4.99 Å². The highest BCUT2D eigenvalue weighted by Crippen LogP contribution is 2.34. The van der Waals surface area contributed by atoms with Crippen molar-refractivity contribution < 1.29 is 4.79 Å². The lowest BCUT2D eigenvalue weighted by Gasteiger charge is -2.20. The molecule has 0 bridgehead atoms. The van der Waals surface area contributed by atoms with E-state index in [1.165, 1.54) is 17.4 Å². The number of rotatable bonds is 5. The highest BCUT2D eigenvalue weighted by molar-refractivity contribution is 8.18. The summed E-state index contributed by atoms with van der Waals surface area (Å²) in [7, 11) is 0. The third kappa shape index (κ3) is 4.67. The van der Waals surface area contributed by atoms with E-state index in [0.717, 1.165) is 18.7 Å². The van der Waals surface area contributed by atoms with Gasteiger partial charge in [0.15, 0.2) is 5.17 Å². The lowest BCUT2D eigenvalue weighted by Crippen LogP contribution is -2.21. The van der Waals surface area contributed by atoms with Gasteiger partial charge in [0.2, 0.25) is 0 Å². The molecule has 2 aromatic carbocycles. The van der Waals surface area contributed by atoms with Crippen LogP contribution in [0.25, 0.3) is 6.08 Å². The van der Waals surface area contributed by atoms with Crippen molar-refractivity contribution in [2.45, 2.75) is 13.8 Å². The molecule has 1 aliphatic heterocycles. The molecule has 0 radical (unpaired) electrons. The summed E-state index contributed by atoms with van der Waals surface area (Å²) in [6.07, 6.45) is 1.86. The Morgan fingerprint density at radius 3 is 2.48 bits per heavy atom. The maximum absolute atomic E-state index is 12.3. The minimum atomic E-state index is -0.176. The Hall–Kier alpha value is -1.95. The standard InChI is InChI=1S/C20H19Cl2N3OS/c1-3-25(4-2)14-10-8-13(9-11-14)12-17-19(26)24-20(27-17)23-16-7-5-6-15(21)18(16)22/h5-12H,3-4H2,1-2H3,(H,23,24,26)/b17-12-. The van der Waals surface area contributed by atoms with Crippen molar-refractivity contribution in [3.63, 3.8) is 0 Å². The molecule has 1 heterocycles. The molecule has 0 saturated carbocycles. The lowest BCUT2D eigenvalue weighted by atomic mass is 10.2. The number of halogens is 2. The van der Waals surface area contributed by atoms with E-state index < -0.39 is 0 Å². The number of carbonyl (C=O) groups excluding carboxylic acids is 1. The molecule has 1 amide bonds. The van der Waals surface area contributed by atoms with Gasteiger partial charge in [-0.1, -0.05) is 41.4 Å². The number of hydrogen-bond acceptors (Lipinski definition) is 4. The van der Waals surface area contributed by atoms with Crippen LogP contribution in [0.4, 0.5) is 11.4 Å². The largest absolute Gasteiger partial charge is 0.372 e. The monoisotopic (exact) mass is 419 g/mol. The zero-order valence-electron chi connectivity index (χ0n) is 15.0. The van der Waals surface area contributed by atoms with E-state index in [-0.39, 0.29) is 5.91 Å². The minimum Gasteiger partial charge on any atom is -0.372 e. The van der Waals surface area contributed by atoms with Crippen LogP contribution in [0.1, 0.15) is 19.4 Å². The number of anilines is 1. The number of hydrogen-bond donors (Lipinski definition) is 1. The molecular formula is C20H19Cl2N3OS. The summed E-state index contributed by atoms with van der Waals surface area (Å²) in [6.45, 7) is 6.18. The first-order valence-electron chi connectivity index (χ1n) is 8.60. The molecule has 140 valence electrons. The molecule has 2 aromatic rings. The van der Waals surface area contributed by atoms with E-state index in [9.17, 15) is 4.79 Å². The van der Waals surface area contributed by atoms with Crippen molar-refractivity contribution in [3.05, 3.63) is 63.0 Å². The summed E-state index contributed by atoms with van der Waals surface area (Å²) in [6, 6.07) is 13.4. The van der Waals surface area contributed by atoms with E-state index in [2.05, 4.69) is 41.2 Å². The number of carbonyl (C=O) groups is 1. The maximum atomic E-state index is 12.3. The van der Waals surface area contributed by atoms with Gasteiger partial charge in [-0.2, -0.15) is 0 Å². The van der Waals surface area contributed by atoms with Gasteiger partial charge in [0.05, 0.1) is 20.6 Å². The number of benzene rings is 2. The number of amidine groups is 1. The molecule has 0 aliphatic carbocycles. The van der Waals surface area contributed by atoms with E-state index in [1.54, 1.807) is 18.2 Å². The van der Waals surface area contributed by atoms with Gasteiger partial charge >= 0.3 is 0 Å². The van der Waals surface area contributed by atoms with Crippen molar-refractivity contribution in [1.29, 1.82) is 0 Å². The molecule has 0 aromatic heterocycles. The van der Waals surface area contributed by atoms with Crippen molar-refractivity contribution in [1.82, 2.24) is 5.32 Å². The Bertz CT molecular complexity index is 906. The second-order valence-electron chi connectivity index (χ2n) is 5.82. The third-order valence-corrected chi connectivity index (χ3v) is 5.84. The Kier molecular flexibility index (Phi) is 6.47. The Morgan fingerprint density at radius 2 is 1.81 bits per heavy atom. The summed E-state index contributed by atoms with van der Waals surface area (Å²) < 4.78 is 0. The number of aliphatic imine (C=N–C) groups is 1. The lowest BCUT2D eigenvalue weighted by molar-refractivity contribution is -0.115. The van der Waals surface area contributed by atoms with Crippen LogP contribution in [0, 0.1) is 0 Å². The summed E-state index contributed by atoms with van der Waals surface area (Å²) in [5, 5.41) is 4.04. The van der Waals surface area contributed by atoms with E-state index in [4.69, 9.17) is 23.2 Å². The van der Waals surface area contributed by atoms with Gasteiger partial charge in [0, 0.05) is 18.8 Å². The summed E-state index contributed by atoms with van der Waals surface area (Å²) in [5.74, 6) is -0.176. The summed E-state index contributed by atoms with van der Waals surface area (Å²) in [5.41, 5.74) is 2.66. The predicted octanol–water partition coefficient (Wildman–Crippen LogP) is 5.73. The summed E-state index contributed by atoms with van der Waals surface area (Å²) in [4.78, 5) is 19.5. The zero-order chi connectivity index (χ0) is 19.4. The fourth-order valence-electron chi connectivity index (χ4n) is 2.69. The highest BCUT2D eigenvalue weighted by atomic mass is 35.5. The van der Waals surface area contributed by atoms with E-state index in [1.807, 2.05) is 18.2 Å². The van der Waals surface area contributed by atoms with Gasteiger partial charge in [-0.15, -0.1) is 0 Å². The number of thioether (sulfide) groups is 1. The van der Waals surface area contributed by atoms with Gasteiger partial charge in [0.25, 0.3) is 5.91 Å². The first-order chi connectivity index (χ1) is 13.0. The van der Waals surface area contributed by atoms with Crippen LogP contribution >= 0.6 is 35.0 Å². The second-order valence-corrected chi connectivity index (χ2v) is 7.63. The Balaban J connectivity index is 1.79. The molecule has 4 nitrogen and oxygen atoms in total. The van der Waals surface area contributed by atoms with Crippen LogP contribution < -0.4 is 10.2 Å². The van der Waals surface area contributed by atoms with Crippen molar-refractivity contribution in [3.8, 4) is 0 Å². The molecular weight excluding hydrogens is 401 g/mol. The average Bonchev–Trinajstić information content (AvgIpc) is 3.00. The van der Waals surface area contributed by atoms with Crippen LogP contribution in [0.5, 0.6) is 0 Å². The molecule has 0 atom stereocenters. The van der Waals surface area contributed by atoms with Crippen molar-refractivity contribution in [2.75, 3.05) is 18.0 Å². The first kappa shape index (κ1) is 19.8. The normalized spacial score (nSPS) is 16.8. The van der Waals surface area contributed by atoms with Crippen LogP contribution in [-0.4, -0.2) is 24.2 Å². The van der Waals surface area contributed by atoms with Crippen LogP contribution in [0.3, 0.4) is 0 Å². The molecule has 27 heavy (non-hydrogen) atoms. The number of nitrogens with one attached hydrogen (secondary N) is 1. The Labute approximate surface area is 173 Å². The van der Waals surface area contributed by atoms with E-state index >= 15 is 0 Å². The third-order valence-electron chi connectivity index (χ3n) is 4.12. The smallest absolute Gasteiger partial charge is 0.264 e. The minimum absolute atomic E-state index is 0.176. The maximum Gasteiger partial charge on any atom is 0.264 e. The van der Waals surface area contributed by atoms with Crippen LogP contribution in [0.15, 0.2) is 52.4 Å². The van der Waals surface area contributed by atoms with Gasteiger partial charge < -0.3 is 10.2 Å². The van der Waals surface area contributed by atoms with Gasteiger partial charge in [-0.3, -0.25) is 4.79 Å². The second kappa shape index (κ2) is 8.83. The topological polar surface area (TPSA) is 44.7 Å². The van der Waals surface area contributed by atoms with Gasteiger partial charge in [0.1, 0.15) is 0 Å². The molecule has 1 saturated heterocycles. The van der Waals surface area contributed by atoms with Crippen molar-refractivity contribution >= 4 is 63.5 Å². The van der Waals surface area contributed by atoms with Gasteiger partial charge in [-0.25, -0.2) is 4.99 Å². The SMILES string of the molecule is CCN(CC)c1ccc(/C=C2\SC(=Nc3cccc(Cl)c3Cl)NC2=O)cc1. The predicted molar refractivity (Wildman–Crippen MR) is 117 cm³/mol. The number of amides is 1. The molecule has 1 fully saturated rings.